The molecule has 1 aliphatic heterocycles. The van der Waals surface area contributed by atoms with Gasteiger partial charge in [0.05, 0.1) is 24.8 Å². The highest BCUT2D eigenvalue weighted by Crippen LogP contribution is 2.22. The van der Waals surface area contributed by atoms with Gasteiger partial charge in [-0.2, -0.15) is 0 Å². The smallest absolute Gasteiger partial charge is 0.139 e. The molecular weight excluding hydrogens is 216 g/mol. The minimum atomic E-state index is 0.0643. The lowest BCUT2D eigenvalue weighted by molar-refractivity contribution is 0.0925. The van der Waals surface area contributed by atoms with E-state index in [0.29, 0.717) is 24.8 Å². The maximum absolute atomic E-state index is 7.60. The van der Waals surface area contributed by atoms with Gasteiger partial charge in [0.25, 0.3) is 0 Å². The summed E-state index contributed by atoms with van der Waals surface area (Å²) in [5.41, 5.74) is 6.30. The van der Waals surface area contributed by atoms with Crippen molar-refractivity contribution in [3.8, 4) is 0 Å². The molecule has 3 N–H and O–H groups in total. The van der Waals surface area contributed by atoms with Gasteiger partial charge in [-0.3, -0.25) is 5.41 Å². The van der Waals surface area contributed by atoms with Crippen LogP contribution in [-0.4, -0.2) is 36.6 Å². The second-order valence-corrected chi connectivity index (χ2v) is 4.12. The summed E-state index contributed by atoms with van der Waals surface area (Å²) in [5.74, 6) is 0.865. The van der Waals surface area contributed by atoms with Crippen LogP contribution in [0.1, 0.15) is 18.9 Å². The van der Waals surface area contributed by atoms with Crippen molar-refractivity contribution in [2.45, 2.75) is 19.4 Å². The van der Waals surface area contributed by atoms with Crippen LogP contribution in [0, 0.1) is 5.41 Å². The number of aromatic nitrogens is 1. The van der Waals surface area contributed by atoms with E-state index in [1.54, 1.807) is 6.20 Å². The normalized spacial score (nSPS) is 20.3. The third-order valence-corrected chi connectivity index (χ3v) is 3.05. The number of morpholine rings is 1. The Hall–Kier alpha value is -1.62. The van der Waals surface area contributed by atoms with Gasteiger partial charge in [0.2, 0.25) is 0 Å². The number of nitrogens with two attached hydrogens (primary N) is 1. The van der Waals surface area contributed by atoms with E-state index in [2.05, 4.69) is 16.8 Å². The predicted octanol–water partition coefficient (Wildman–Crippen LogP) is 0.981. The van der Waals surface area contributed by atoms with Gasteiger partial charge in [0, 0.05) is 12.7 Å². The Labute approximate surface area is 101 Å². The summed E-state index contributed by atoms with van der Waals surface area (Å²) >= 11 is 0. The highest BCUT2D eigenvalue weighted by Gasteiger charge is 2.24. The zero-order valence-corrected chi connectivity index (χ0v) is 10.0. The number of nitrogens with one attached hydrogen (secondary N) is 1. The van der Waals surface area contributed by atoms with Crippen LogP contribution < -0.4 is 10.6 Å². The zero-order valence-electron chi connectivity index (χ0n) is 10.0. The average Bonchev–Trinajstić information content (AvgIpc) is 2.38. The minimum Gasteiger partial charge on any atom is -0.384 e. The van der Waals surface area contributed by atoms with Gasteiger partial charge in [0.1, 0.15) is 11.7 Å². The molecule has 1 unspecified atom stereocenters. The summed E-state index contributed by atoms with van der Waals surface area (Å²) < 4.78 is 5.47. The van der Waals surface area contributed by atoms with Crippen LogP contribution >= 0.6 is 0 Å². The van der Waals surface area contributed by atoms with Gasteiger partial charge in [-0.25, -0.2) is 4.98 Å². The molecule has 5 heteroatoms. The van der Waals surface area contributed by atoms with E-state index < -0.39 is 0 Å². The molecule has 17 heavy (non-hydrogen) atoms. The lowest BCUT2D eigenvalue weighted by Crippen LogP contribution is -2.46. The largest absolute Gasteiger partial charge is 0.384 e. The first-order chi connectivity index (χ1) is 8.24. The second-order valence-electron chi connectivity index (χ2n) is 4.12. The van der Waals surface area contributed by atoms with Crippen LogP contribution in [0.4, 0.5) is 5.82 Å². The van der Waals surface area contributed by atoms with Crippen LogP contribution in [0.3, 0.4) is 0 Å². The van der Waals surface area contributed by atoms with Crippen LogP contribution in [0.5, 0.6) is 0 Å². The van der Waals surface area contributed by atoms with Crippen LogP contribution in [0.25, 0.3) is 0 Å². The summed E-state index contributed by atoms with van der Waals surface area (Å²) in [6.45, 7) is 4.34. The zero-order chi connectivity index (χ0) is 12.3. The Bertz CT molecular complexity index is 407. The van der Waals surface area contributed by atoms with Crippen LogP contribution in [0.2, 0.25) is 0 Å². The Morgan fingerprint density at radius 3 is 3.24 bits per heavy atom. The number of amidine groups is 1. The summed E-state index contributed by atoms with van der Waals surface area (Å²) in [6.07, 6.45) is 2.73. The molecule has 0 aliphatic carbocycles. The standard InChI is InChI=1S/C12H18N4O/c1-2-9-8-17-7-6-16(9)12-10(11(13)14)4-3-5-15-12/h3-5,9H,2,6-8H2,1H3,(H3,13,14). The predicted molar refractivity (Wildman–Crippen MR) is 67.5 cm³/mol. The molecule has 1 saturated heterocycles. The first kappa shape index (κ1) is 11.9. The van der Waals surface area contributed by atoms with Crippen LogP contribution in [0.15, 0.2) is 18.3 Å². The topological polar surface area (TPSA) is 75.2 Å². The van der Waals surface area contributed by atoms with Gasteiger partial charge < -0.3 is 15.4 Å². The van der Waals surface area contributed by atoms with Crippen molar-refractivity contribution in [2.24, 2.45) is 5.73 Å². The van der Waals surface area contributed by atoms with Gasteiger partial charge in [-0.15, -0.1) is 0 Å². The fourth-order valence-corrected chi connectivity index (χ4v) is 2.11. The number of anilines is 1. The average molecular weight is 234 g/mol. The molecule has 1 atom stereocenters. The van der Waals surface area contributed by atoms with Gasteiger partial charge in [-0.05, 0) is 18.6 Å². The fraction of sp³-hybridized carbons (Fsp3) is 0.500. The molecule has 1 aliphatic rings. The summed E-state index contributed by atoms with van der Waals surface area (Å²) in [6, 6.07) is 3.96. The molecule has 2 heterocycles. The number of rotatable bonds is 3. The Morgan fingerprint density at radius 2 is 2.53 bits per heavy atom. The molecule has 2 rings (SSSR count). The molecule has 1 fully saturated rings. The maximum Gasteiger partial charge on any atom is 0.139 e. The van der Waals surface area contributed by atoms with E-state index in [-0.39, 0.29) is 5.84 Å². The highest BCUT2D eigenvalue weighted by molar-refractivity contribution is 5.99. The molecule has 0 spiro atoms. The van der Waals surface area contributed by atoms with E-state index in [0.717, 1.165) is 18.8 Å². The number of hydrogen-bond donors (Lipinski definition) is 2. The third-order valence-electron chi connectivity index (χ3n) is 3.05. The van der Waals surface area contributed by atoms with Crippen molar-refractivity contribution < 1.29 is 4.74 Å². The number of nitrogen functional groups attached to an aromatic ring is 1. The van der Waals surface area contributed by atoms with E-state index in [4.69, 9.17) is 15.9 Å². The molecule has 1 aromatic heterocycles. The Morgan fingerprint density at radius 1 is 1.71 bits per heavy atom. The molecule has 92 valence electrons. The van der Waals surface area contributed by atoms with Gasteiger partial charge >= 0.3 is 0 Å². The quantitative estimate of drug-likeness (QED) is 0.604. The highest BCUT2D eigenvalue weighted by atomic mass is 16.5. The summed E-state index contributed by atoms with van der Waals surface area (Å²) in [7, 11) is 0. The lowest BCUT2D eigenvalue weighted by Gasteiger charge is -2.36. The first-order valence-electron chi connectivity index (χ1n) is 5.87. The molecule has 5 nitrogen and oxygen atoms in total. The summed E-state index contributed by atoms with van der Waals surface area (Å²) in [4.78, 5) is 6.57. The van der Waals surface area contributed by atoms with Crippen LogP contribution in [-0.2, 0) is 4.74 Å². The maximum atomic E-state index is 7.60. The molecule has 1 aromatic rings. The minimum absolute atomic E-state index is 0.0643. The molecule has 0 bridgehead atoms. The van der Waals surface area contributed by atoms with E-state index in [1.165, 1.54) is 0 Å². The van der Waals surface area contributed by atoms with Crippen molar-refractivity contribution in [3.05, 3.63) is 23.9 Å². The fourth-order valence-electron chi connectivity index (χ4n) is 2.11. The molecular formula is C12H18N4O. The molecule has 0 aromatic carbocycles. The second kappa shape index (κ2) is 5.14. The first-order valence-corrected chi connectivity index (χ1v) is 5.87. The molecule has 0 amide bonds. The lowest BCUT2D eigenvalue weighted by atomic mass is 10.1. The van der Waals surface area contributed by atoms with Gasteiger partial charge in [0.15, 0.2) is 0 Å². The van der Waals surface area contributed by atoms with Crippen molar-refractivity contribution >= 4 is 11.7 Å². The Kier molecular flexibility index (Phi) is 3.58. The van der Waals surface area contributed by atoms with Crippen molar-refractivity contribution in [1.29, 1.82) is 5.41 Å². The number of ether oxygens (including phenoxy) is 1. The van der Waals surface area contributed by atoms with Crippen molar-refractivity contribution in [1.82, 2.24) is 4.98 Å². The van der Waals surface area contributed by atoms with E-state index in [1.807, 2.05) is 12.1 Å². The number of nitrogens with zero attached hydrogens (tertiary/aromatic N) is 2. The van der Waals surface area contributed by atoms with Gasteiger partial charge in [-0.1, -0.05) is 6.92 Å². The third kappa shape index (κ3) is 2.39. The number of pyridine rings is 1. The monoisotopic (exact) mass is 234 g/mol. The molecule has 0 radical (unpaired) electrons. The van der Waals surface area contributed by atoms with E-state index in [9.17, 15) is 0 Å². The molecule has 0 saturated carbocycles. The van der Waals surface area contributed by atoms with Crippen molar-refractivity contribution in [2.75, 3.05) is 24.7 Å². The SMILES string of the molecule is CCC1COCCN1c1ncccc1C(=N)N. The van der Waals surface area contributed by atoms with Crippen molar-refractivity contribution in [3.63, 3.8) is 0 Å². The number of hydrogen-bond acceptors (Lipinski definition) is 4. The Balaban J connectivity index is 2.34. The van der Waals surface area contributed by atoms with E-state index >= 15 is 0 Å². The summed E-state index contributed by atoms with van der Waals surface area (Å²) in [5, 5.41) is 7.60.